The van der Waals surface area contributed by atoms with Crippen molar-refractivity contribution in [2.24, 2.45) is 11.5 Å². The quantitative estimate of drug-likeness (QED) is 0.555. The van der Waals surface area contributed by atoms with E-state index in [1.807, 2.05) is 24.4 Å². The molecular weight excluding hydrogens is 234 g/mol. The molecule has 0 aliphatic heterocycles. The molecule has 0 saturated heterocycles. The lowest BCUT2D eigenvalue weighted by Gasteiger charge is -2.10. The van der Waals surface area contributed by atoms with Gasteiger partial charge in [0.25, 0.3) is 0 Å². The van der Waals surface area contributed by atoms with Gasteiger partial charge in [-0.1, -0.05) is 36.4 Å². The van der Waals surface area contributed by atoms with Crippen LogP contribution in [0.1, 0.15) is 12.0 Å². The Bertz CT molecular complexity index is 719. The molecule has 0 unspecified atom stereocenters. The van der Waals surface area contributed by atoms with Gasteiger partial charge in [-0.05, 0) is 29.9 Å². The van der Waals surface area contributed by atoms with Gasteiger partial charge in [0.2, 0.25) is 0 Å². The zero-order valence-electron chi connectivity index (χ0n) is 10.7. The molecule has 0 radical (unpaired) electrons. The molecule has 0 fully saturated rings. The molecular formula is C16H17N3. The molecule has 3 nitrogen and oxygen atoms in total. The van der Waals surface area contributed by atoms with Crippen molar-refractivity contribution in [3.05, 3.63) is 54.2 Å². The second-order valence-electron chi connectivity index (χ2n) is 4.86. The third kappa shape index (κ3) is 2.30. The highest BCUT2D eigenvalue weighted by molar-refractivity contribution is 6.07. The summed E-state index contributed by atoms with van der Waals surface area (Å²) in [6.07, 6.45) is 3.32. The summed E-state index contributed by atoms with van der Waals surface area (Å²) in [4.78, 5) is 4.53. The monoisotopic (exact) mass is 251 g/mol. The van der Waals surface area contributed by atoms with Crippen molar-refractivity contribution in [3.8, 4) is 0 Å². The van der Waals surface area contributed by atoms with E-state index in [1.54, 1.807) is 0 Å². The molecule has 3 aromatic rings. The van der Waals surface area contributed by atoms with Crippen molar-refractivity contribution in [2.45, 2.75) is 19.0 Å². The van der Waals surface area contributed by atoms with Crippen molar-refractivity contribution < 1.29 is 0 Å². The van der Waals surface area contributed by atoms with E-state index in [2.05, 4.69) is 29.2 Å². The molecule has 1 aromatic heterocycles. The molecule has 0 aliphatic rings. The van der Waals surface area contributed by atoms with Crippen LogP contribution < -0.4 is 11.5 Å². The fourth-order valence-corrected chi connectivity index (χ4v) is 2.51. The molecule has 2 aromatic carbocycles. The van der Waals surface area contributed by atoms with Crippen LogP contribution in [0.2, 0.25) is 0 Å². The molecule has 4 N–H and O–H groups in total. The maximum Gasteiger partial charge on any atom is 0.0711 e. The van der Waals surface area contributed by atoms with Gasteiger partial charge in [0, 0.05) is 17.0 Å². The van der Waals surface area contributed by atoms with Crippen LogP contribution in [0.4, 0.5) is 0 Å². The van der Waals surface area contributed by atoms with Gasteiger partial charge in [-0.15, -0.1) is 0 Å². The number of benzene rings is 2. The molecule has 1 heterocycles. The van der Waals surface area contributed by atoms with E-state index >= 15 is 0 Å². The zero-order valence-corrected chi connectivity index (χ0v) is 10.7. The van der Waals surface area contributed by atoms with Crippen molar-refractivity contribution in [1.29, 1.82) is 0 Å². The van der Waals surface area contributed by atoms with Gasteiger partial charge in [0.05, 0.1) is 11.7 Å². The Morgan fingerprint density at radius 2 is 1.84 bits per heavy atom. The Labute approximate surface area is 112 Å². The first-order valence-electron chi connectivity index (χ1n) is 6.52. The van der Waals surface area contributed by atoms with Gasteiger partial charge in [0.1, 0.15) is 0 Å². The van der Waals surface area contributed by atoms with Gasteiger partial charge in [-0.2, -0.15) is 0 Å². The van der Waals surface area contributed by atoms with E-state index in [0.717, 1.165) is 18.4 Å². The molecule has 0 bridgehead atoms. The van der Waals surface area contributed by atoms with Crippen LogP contribution in [0.15, 0.2) is 48.7 Å². The summed E-state index contributed by atoms with van der Waals surface area (Å²) in [5.74, 6) is 0. The number of rotatable bonds is 3. The van der Waals surface area contributed by atoms with E-state index in [1.165, 1.54) is 21.7 Å². The summed E-state index contributed by atoms with van der Waals surface area (Å²) in [6, 6.07) is 14.6. The fourth-order valence-electron chi connectivity index (χ4n) is 2.51. The SMILES string of the molecule is NC(N)CCc1cccc2ncc3ccccc3c12. The van der Waals surface area contributed by atoms with E-state index in [0.29, 0.717) is 0 Å². The van der Waals surface area contributed by atoms with E-state index in [-0.39, 0.29) is 6.17 Å². The normalized spacial score (nSPS) is 11.5. The minimum Gasteiger partial charge on any atom is -0.316 e. The van der Waals surface area contributed by atoms with Crippen molar-refractivity contribution >= 4 is 21.7 Å². The Kier molecular flexibility index (Phi) is 3.15. The highest BCUT2D eigenvalue weighted by atomic mass is 14.8. The number of nitrogens with zero attached hydrogens (tertiary/aromatic N) is 1. The molecule has 0 saturated carbocycles. The molecule has 96 valence electrons. The molecule has 0 aliphatic carbocycles. The van der Waals surface area contributed by atoms with Gasteiger partial charge in [-0.3, -0.25) is 4.98 Å². The first-order chi connectivity index (χ1) is 9.25. The highest BCUT2D eigenvalue weighted by Crippen LogP contribution is 2.27. The van der Waals surface area contributed by atoms with E-state index < -0.39 is 0 Å². The second kappa shape index (κ2) is 4.96. The third-order valence-electron chi connectivity index (χ3n) is 3.45. The summed E-state index contributed by atoms with van der Waals surface area (Å²) < 4.78 is 0. The first-order valence-corrected chi connectivity index (χ1v) is 6.52. The lowest BCUT2D eigenvalue weighted by Crippen LogP contribution is -2.30. The number of aromatic nitrogens is 1. The largest absolute Gasteiger partial charge is 0.316 e. The zero-order chi connectivity index (χ0) is 13.2. The molecule has 0 atom stereocenters. The predicted octanol–water partition coefficient (Wildman–Crippen LogP) is 2.56. The van der Waals surface area contributed by atoms with Crippen LogP contribution in [0.3, 0.4) is 0 Å². The Morgan fingerprint density at radius 3 is 2.68 bits per heavy atom. The summed E-state index contributed by atoms with van der Waals surface area (Å²) in [6.45, 7) is 0. The standard InChI is InChI=1S/C16H17N3/c17-15(18)9-8-11-5-3-7-14-16(11)13-6-2-1-4-12(13)10-19-14/h1-7,10,15H,8-9,17-18H2. The van der Waals surface area contributed by atoms with Crippen LogP contribution in [0.25, 0.3) is 21.7 Å². The lowest BCUT2D eigenvalue weighted by atomic mass is 9.98. The van der Waals surface area contributed by atoms with Crippen LogP contribution in [-0.2, 0) is 6.42 Å². The van der Waals surface area contributed by atoms with Gasteiger partial charge in [0.15, 0.2) is 0 Å². The maximum absolute atomic E-state index is 5.66. The van der Waals surface area contributed by atoms with Crippen LogP contribution in [-0.4, -0.2) is 11.1 Å². The van der Waals surface area contributed by atoms with Crippen molar-refractivity contribution in [2.75, 3.05) is 0 Å². The fraction of sp³-hybridized carbons (Fsp3) is 0.188. The van der Waals surface area contributed by atoms with Crippen LogP contribution in [0, 0.1) is 0 Å². The van der Waals surface area contributed by atoms with Crippen molar-refractivity contribution in [3.63, 3.8) is 0 Å². The van der Waals surface area contributed by atoms with Crippen molar-refractivity contribution in [1.82, 2.24) is 4.98 Å². The smallest absolute Gasteiger partial charge is 0.0711 e. The van der Waals surface area contributed by atoms with Crippen LogP contribution >= 0.6 is 0 Å². The minimum atomic E-state index is -0.266. The number of fused-ring (bicyclic) bond motifs is 3. The predicted molar refractivity (Wildman–Crippen MR) is 79.7 cm³/mol. The number of nitrogens with two attached hydrogens (primary N) is 2. The number of hydrogen-bond acceptors (Lipinski definition) is 3. The maximum atomic E-state index is 5.66. The summed E-state index contributed by atoms with van der Waals surface area (Å²) in [7, 11) is 0. The summed E-state index contributed by atoms with van der Waals surface area (Å²) >= 11 is 0. The summed E-state index contributed by atoms with van der Waals surface area (Å²) in [5.41, 5.74) is 13.6. The first kappa shape index (κ1) is 12.1. The summed E-state index contributed by atoms with van der Waals surface area (Å²) in [5, 5.41) is 3.63. The van der Waals surface area contributed by atoms with Crippen LogP contribution in [0.5, 0.6) is 0 Å². The number of hydrogen-bond donors (Lipinski definition) is 2. The van der Waals surface area contributed by atoms with Gasteiger partial charge < -0.3 is 11.5 Å². The molecule has 3 rings (SSSR count). The Morgan fingerprint density at radius 1 is 1.00 bits per heavy atom. The molecule has 0 amide bonds. The number of pyridine rings is 1. The molecule has 0 spiro atoms. The average Bonchev–Trinajstić information content (AvgIpc) is 2.44. The van der Waals surface area contributed by atoms with Gasteiger partial charge in [-0.25, -0.2) is 0 Å². The lowest BCUT2D eigenvalue weighted by molar-refractivity contribution is 0.640. The topological polar surface area (TPSA) is 64.9 Å². The molecule has 3 heteroatoms. The Balaban J connectivity index is 2.23. The van der Waals surface area contributed by atoms with E-state index in [4.69, 9.17) is 11.5 Å². The average molecular weight is 251 g/mol. The number of aryl methyl sites for hydroxylation is 1. The third-order valence-corrected chi connectivity index (χ3v) is 3.45. The van der Waals surface area contributed by atoms with E-state index in [9.17, 15) is 0 Å². The molecule has 19 heavy (non-hydrogen) atoms. The van der Waals surface area contributed by atoms with Gasteiger partial charge >= 0.3 is 0 Å². The Hall–Kier alpha value is -1.97. The highest BCUT2D eigenvalue weighted by Gasteiger charge is 2.07. The second-order valence-corrected chi connectivity index (χ2v) is 4.86. The minimum absolute atomic E-state index is 0.266.